The maximum Gasteiger partial charge on any atom is 0.256 e. The molecule has 0 aliphatic rings. The van der Waals surface area contributed by atoms with Crippen LogP contribution in [0.4, 0.5) is 5.82 Å². The quantitative estimate of drug-likeness (QED) is 0.883. The van der Waals surface area contributed by atoms with E-state index in [-0.39, 0.29) is 5.91 Å². The van der Waals surface area contributed by atoms with Gasteiger partial charge in [-0.25, -0.2) is 4.98 Å². The van der Waals surface area contributed by atoms with Crippen molar-refractivity contribution in [1.29, 1.82) is 0 Å². The largest absolute Gasteiger partial charge is 0.307 e. The first-order valence-electron chi connectivity index (χ1n) is 5.66. The second kappa shape index (κ2) is 5.72. The lowest BCUT2D eigenvalue weighted by Crippen LogP contribution is -2.13. The Morgan fingerprint density at radius 1 is 1.26 bits per heavy atom. The molecule has 0 radical (unpaired) electrons. The predicted octanol–water partition coefficient (Wildman–Crippen LogP) is 4.37. The zero-order chi connectivity index (χ0) is 14.0. The number of hydrogen-bond donors (Lipinski definition) is 1. The summed E-state index contributed by atoms with van der Waals surface area (Å²) in [5, 5.41) is 3.30. The van der Waals surface area contributed by atoms with Gasteiger partial charge in [0.1, 0.15) is 5.82 Å². The van der Waals surface area contributed by atoms with E-state index in [9.17, 15) is 4.79 Å². The Morgan fingerprint density at radius 2 is 2.00 bits per heavy atom. The van der Waals surface area contributed by atoms with Gasteiger partial charge in [0.2, 0.25) is 0 Å². The minimum absolute atomic E-state index is 0.222. The summed E-state index contributed by atoms with van der Waals surface area (Å²) in [5.74, 6) is 0.295. The molecule has 0 atom stereocenters. The molecule has 1 aromatic carbocycles. The van der Waals surface area contributed by atoms with E-state index >= 15 is 0 Å². The van der Waals surface area contributed by atoms with Gasteiger partial charge in [0.05, 0.1) is 0 Å². The number of benzene rings is 1. The van der Waals surface area contributed by atoms with Gasteiger partial charge in [-0.15, -0.1) is 0 Å². The minimum Gasteiger partial charge on any atom is -0.307 e. The van der Waals surface area contributed by atoms with E-state index in [0.29, 0.717) is 16.4 Å². The summed E-state index contributed by atoms with van der Waals surface area (Å²) < 4.78 is 0.907. The van der Waals surface area contributed by atoms with E-state index in [1.165, 1.54) is 0 Å². The highest BCUT2D eigenvalue weighted by Gasteiger charge is 2.09. The monoisotopic (exact) mass is 338 g/mol. The molecule has 5 heteroatoms. The number of aryl methyl sites for hydroxylation is 2. The number of amides is 1. The third kappa shape index (κ3) is 3.55. The van der Waals surface area contributed by atoms with Crippen molar-refractivity contribution in [2.24, 2.45) is 0 Å². The molecule has 0 saturated heterocycles. The minimum atomic E-state index is -0.222. The molecule has 0 spiro atoms. The lowest BCUT2D eigenvalue weighted by Gasteiger charge is -2.07. The van der Waals surface area contributed by atoms with Crippen molar-refractivity contribution < 1.29 is 4.79 Å². The Bertz CT molecular complexity index is 623. The zero-order valence-electron chi connectivity index (χ0n) is 10.5. The van der Waals surface area contributed by atoms with Gasteiger partial charge in [-0.3, -0.25) is 4.79 Å². The molecule has 0 saturated carbocycles. The van der Waals surface area contributed by atoms with E-state index in [0.717, 1.165) is 15.6 Å². The molecular weight excluding hydrogens is 328 g/mol. The van der Waals surface area contributed by atoms with Crippen molar-refractivity contribution in [3.05, 3.63) is 56.6 Å². The summed E-state index contributed by atoms with van der Waals surface area (Å²) in [7, 11) is 0. The lowest BCUT2D eigenvalue weighted by atomic mass is 10.1. The van der Waals surface area contributed by atoms with Gasteiger partial charge in [0.15, 0.2) is 0 Å². The molecular formula is C14H12BrClN2O. The van der Waals surface area contributed by atoms with Gasteiger partial charge >= 0.3 is 0 Å². The number of hydrogen-bond acceptors (Lipinski definition) is 2. The van der Waals surface area contributed by atoms with Crippen LogP contribution in [0.5, 0.6) is 0 Å². The van der Waals surface area contributed by atoms with Gasteiger partial charge < -0.3 is 5.32 Å². The smallest absolute Gasteiger partial charge is 0.256 e. The molecule has 1 N–H and O–H groups in total. The van der Waals surface area contributed by atoms with Gasteiger partial charge in [-0.05, 0) is 65.2 Å². The van der Waals surface area contributed by atoms with E-state index in [2.05, 4.69) is 26.2 Å². The van der Waals surface area contributed by atoms with Gasteiger partial charge in [-0.2, -0.15) is 0 Å². The van der Waals surface area contributed by atoms with Crippen molar-refractivity contribution >= 4 is 39.3 Å². The molecule has 0 fully saturated rings. The Morgan fingerprint density at radius 3 is 2.63 bits per heavy atom. The predicted molar refractivity (Wildman–Crippen MR) is 80.8 cm³/mol. The van der Waals surface area contributed by atoms with E-state index < -0.39 is 0 Å². The number of aromatic nitrogens is 1. The lowest BCUT2D eigenvalue weighted by molar-refractivity contribution is 0.102. The van der Waals surface area contributed by atoms with Crippen molar-refractivity contribution in [2.45, 2.75) is 13.8 Å². The maximum absolute atomic E-state index is 12.1. The third-order valence-corrected chi connectivity index (χ3v) is 3.64. The Balaban J connectivity index is 2.22. The van der Waals surface area contributed by atoms with Crippen molar-refractivity contribution in [3.8, 4) is 0 Å². The zero-order valence-corrected chi connectivity index (χ0v) is 12.8. The standard InChI is InChI=1S/C14H12BrClN2O/c1-8-3-10(6-11(16)4-8)14(19)18-13-5-9(2)12(15)7-17-13/h3-7H,1-2H3,(H,17,18,19). The molecule has 3 nitrogen and oxygen atoms in total. The molecule has 2 rings (SSSR count). The number of nitrogens with zero attached hydrogens (tertiary/aromatic N) is 1. The first kappa shape index (κ1) is 14.0. The molecule has 0 aliphatic heterocycles. The Hall–Kier alpha value is -1.39. The number of nitrogens with one attached hydrogen (secondary N) is 1. The highest BCUT2D eigenvalue weighted by molar-refractivity contribution is 9.10. The van der Waals surface area contributed by atoms with Crippen LogP contribution in [0.25, 0.3) is 0 Å². The molecule has 0 aliphatic carbocycles. The van der Waals surface area contributed by atoms with Crippen LogP contribution < -0.4 is 5.32 Å². The Labute approximate surface area is 125 Å². The fourth-order valence-electron chi connectivity index (χ4n) is 1.66. The van der Waals surface area contributed by atoms with E-state index in [1.54, 1.807) is 30.5 Å². The van der Waals surface area contributed by atoms with Gasteiger partial charge in [-0.1, -0.05) is 11.6 Å². The second-order valence-corrected chi connectivity index (χ2v) is 5.58. The van der Waals surface area contributed by atoms with Crippen LogP contribution in [0.2, 0.25) is 5.02 Å². The molecule has 0 unspecified atom stereocenters. The number of rotatable bonds is 2. The molecule has 1 aromatic heterocycles. The highest BCUT2D eigenvalue weighted by Crippen LogP contribution is 2.19. The van der Waals surface area contributed by atoms with Crippen LogP contribution in [0.3, 0.4) is 0 Å². The fraction of sp³-hybridized carbons (Fsp3) is 0.143. The first-order valence-corrected chi connectivity index (χ1v) is 6.83. The van der Waals surface area contributed by atoms with Crippen molar-refractivity contribution in [3.63, 3.8) is 0 Å². The average molecular weight is 340 g/mol. The highest BCUT2D eigenvalue weighted by atomic mass is 79.9. The summed E-state index contributed by atoms with van der Waals surface area (Å²) in [6, 6.07) is 7.03. The average Bonchev–Trinajstić information content (AvgIpc) is 2.32. The number of carbonyl (C=O) groups is 1. The van der Waals surface area contributed by atoms with Crippen LogP contribution in [-0.4, -0.2) is 10.9 Å². The van der Waals surface area contributed by atoms with Crippen LogP contribution in [-0.2, 0) is 0 Å². The summed E-state index contributed by atoms with van der Waals surface area (Å²) in [6.07, 6.45) is 1.66. The molecule has 98 valence electrons. The number of anilines is 1. The number of halogens is 2. The molecule has 1 amide bonds. The number of pyridine rings is 1. The van der Waals surface area contributed by atoms with Gasteiger partial charge in [0.25, 0.3) is 5.91 Å². The topological polar surface area (TPSA) is 42.0 Å². The molecule has 19 heavy (non-hydrogen) atoms. The van der Waals surface area contributed by atoms with Crippen LogP contribution in [0.15, 0.2) is 34.9 Å². The van der Waals surface area contributed by atoms with Crippen molar-refractivity contribution in [1.82, 2.24) is 4.98 Å². The summed E-state index contributed by atoms with van der Waals surface area (Å²) >= 11 is 9.31. The third-order valence-electron chi connectivity index (χ3n) is 2.59. The number of carbonyl (C=O) groups excluding carboxylic acids is 1. The van der Waals surface area contributed by atoms with Crippen LogP contribution in [0.1, 0.15) is 21.5 Å². The SMILES string of the molecule is Cc1cc(Cl)cc(C(=O)Nc2cc(C)c(Br)cn2)c1. The fourth-order valence-corrected chi connectivity index (χ4v) is 2.17. The summed E-state index contributed by atoms with van der Waals surface area (Å²) in [5.41, 5.74) is 2.47. The molecule has 0 bridgehead atoms. The van der Waals surface area contributed by atoms with E-state index in [1.807, 2.05) is 13.8 Å². The molecule has 1 heterocycles. The summed E-state index contributed by atoms with van der Waals surface area (Å²) in [6.45, 7) is 3.83. The Kier molecular flexibility index (Phi) is 4.22. The second-order valence-electron chi connectivity index (χ2n) is 4.29. The summed E-state index contributed by atoms with van der Waals surface area (Å²) in [4.78, 5) is 16.2. The normalized spacial score (nSPS) is 10.3. The van der Waals surface area contributed by atoms with Crippen molar-refractivity contribution in [2.75, 3.05) is 5.32 Å². The van der Waals surface area contributed by atoms with E-state index in [4.69, 9.17) is 11.6 Å². The van der Waals surface area contributed by atoms with Crippen LogP contribution >= 0.6 is 27.5 Å². The van der Waals surface area contributed by atoms with Gasteiger partial charge in [0, 0.05) is 21.3 Å². The maximum atomic E-state index is 12.1. The molecule has 2 aromatic rings. The first-order chi connectivity index (χ1) is 8.95. The van der Waals surface area contributed by atoms with Crippen LogP contribution in [0, 0.1) is 13.8 Å².